The van der Waals surface area contributed by atoms with E-state index in [9.17, 15) is 29.4 Å². The molecule has 0 bridgehead atoms. The van der Waals surface area contributed by atoms with E-state index in [0.29, 0.717) is 71.2 Å². The molecule has 2 fully saturated rings. The number of rotatable bonds is 14. The minimum atomic E-state index is -1.20. The number of hydrogen-bond acceptors (Lipinski definition) is 14. The second-order valence-electron chi connectivity index (χ2n) is 15.9. The fraction of sp³-hybridized carbons (Fsp3) is 0.375. The molecule has 4 aromatic rings. The Morgan fingerprint density at radius 1 is 0.597 bits per heavy atom. The maximum atomic E-state index is 13.6. The lowest BCUT2D eigenvalue weighted by molar-refractivity contribution is -0.136. The Kier molecular flexibility index (Phi) is 14.5. The lowest BCUT2D eigenvalue weighted by atomic mass is 9.81. The van der Waals surface area contributed by atoms with E-state index in [0.717, 1.165) is 49.7 Å². The van der Waals surface area contributed by atoms with Crippen LogP contribution >= 0.6 is 0 Å². The second-order valence-corrected chi connectivity index (χ2v) is 15.9. The summed E-state index contributed by atoms with van der Waals surface area (Å²) < 4.78 is 12.1. The highest BCUT2D eigenvalue weighted by atomic mass is 16.5. The van der Waals surface area contributed by atoms with Gasteiger partial charge in [0.25, 0.3) is 0 Å². The number of carbonyl (C=O) groups is 2. The maximum absolute atomic E-state index is 13.6. The summed E-state index contributed by atoms with van der Waals surface area (Å²) >= 11 is 0. The third-order valence-corrected chi connectivity index (χ3v) is 11.2. The Hall–Kier alpha value is -6.88. The van der Waals surface area contributed by atoms with Crippen molar-refractivity contribution >= 4 is 58.0 Å². The van der Waals surface area contributed by atoms with Gasteiger partial charge < -0.3 is 39.3 Å². The molecule has 0 unspecified atom stereocenters. The van der Waals surface area contributed by atoms with Gasteiger partial charge in [0, 0.05) is 88.8 Å². The number of benzene rings is 4. The van der Waals surface area contributed by atoms with Crippen molar-refractivity contribution < 1.29 is 38.9 Å². The molecule has 0 spiro atoms. The molecule has 2 saturated heterocycles. The third kappa shape index (κ3) is 9.52. The first-order chi connectivity index (χ1) is 29.9. The van der Waals surface area contributed by atoms with E-state index < -0.39 is 24.0 Å². The van der Waals surface area contributed by atoms with Crippen LogP contribution in [0.2, 0.25) is 0 Å². The van der Waals surface area contributed by atoms with Crippen molar-refractivity contribution in [3.8, 4) is 23.0 Å². The van der Waals surface area contributed by atoms with Crippen LogP contribution in [0.1, 0.15) is 74.6 Å². The van der Waals surface area contributed by atoms with E-state index in [1.54, 1.807) is 50.1 Å². The predicted molar refractivity (Wildman–Crippen MR) is 241 cm³/mol. The topological polar surface area (TPSA) is 165 Å². The molecule has 62 heavy (non-hydrogen) atoms. The number of phenolic OH excluding ortho intramolecular Hbond substituents is 2. The quantitative estimate of drug-likeness (QED) is 0.0424. The van der Waals surface area contributed by atoms with Crippen LogP contribution in [0.4, 0.5) is 22.7 Å². The molecule has 14 heteroatoms. The SMILES string of the molecule is C[C@H](N=C=O)C(=O)Oc1c(O)cc(N2CCCCC2)c(C(=C(c2ccccc2)c2c(N3CCCCC3)cc(O)c(OC(=O)[C@H](C)N=C=O)c2N(C)C)c2ccccc2)c1N(C)C. The molecule has 0 aliphatic carbocycles. The molecule has 2 N–H and O–H groups in total. The molecule has 0 radical (unpaired) electrons. The van der Waals surface area contributed by atoms with Crippen LogP contribution in [0, 0.1) is 0 Å². The minimum Gasteiger partial charge on any atom is -0.504 e. The Morgan fingerprint density at radius 3 is 1.24 bits per heavy atom. The number of anilines is 4. The highest BCUT2D eigenvalue weighted by Crippen LogP contribution is 2.56. The zero-order valence-corrected chi connectivity index (χ0v) is 36.2. The number of phenols is 2. The van der Waals surface area contributed by atoms with Crippen LogP contribution < -0.4 is 29.1 Å². The third-order valence-electron chi connectivity index (χ3n) is 11.2. The summed E-state index contributed by atoms with van der Waals surface area (Å²) in [5.74, 6) is -2.54. The van der Waals surface area contributed by atoms with Gasteiger partial charge >= 0.3 is 11.9 Å². The smallest absolute Gasteiger partial charge is 0.337 e. The summed E-state index contributed by atoms with van der Waals surface area (Å²) in [5.41, 5.74) is 6.29. The second kappa shape index (κ2) is 20.1. The van der Waals surface area contributed by atoms with Gasteiger partial charge in [-0.2, -0.15) is 9.98 Å². The molecule has 2 atom stereocenters. The molecule has 4 aromatic carbocycles. The number of isocyanates is 2. The summed E-state index contributed by atoms with van der Waals surface area (Å²) in [6.07, 6.45) is 8.58. The van der Waals surface area contributed by atoms with Crippen molar-refractivity contribution in [2.75, 3.05) is 74.0 Å². The number of aliphatic imine (C=N–C) groups is 2. The first-order valence-corrected chi connectivity index (χ1v) is 21.0. The fourth-order valence-electron chi connectivity index (χ4n) is 8.23. The van der Waals surface area contributed by atoms with Crippen LogP contribution in [0.5, 0.6) is 23.0 Å². The zero-order chi connectivity index (χ0) is 44.5. The monoisotopic (exact) mass is 842 g/mol. The lowest BCUT2D eigenvalue weighted by Crippen LogP contribution is -2.32. The number of esters is 2. The van der Waals surface area contributed by atoms with E-state index in [-0.39, 0.29) is 23.0 Å². The Morgan fingerprint density at radius 2 is 0.935 bits per heavy atom. The molecule has 0 saturated carbocycles. The molecule has 2 heterocycles. The molecular weight excluding hydrogens is 789 g/mol. The molecule has 14 nitrogen and oxygen atoms in total. The van der Waals surface area contributed by atoms with E-state index >= 15 is 0 Å². The molecule has 0 aromatic heterocycles. The van der Waals surface area contributed by atoms with E-state index in [1.165, 1.54) is 26.0 Å². The minimum absolute atomic E-state index is 0.126. The van der Waals surface area contributed by atoms with Crippen molar-refractivity contribution in [2.24, 2.45) is 9.98 Å². The van der Waals surface area contributed by atoms with Gasteiger partial charge in [0.2, 0.25) is 12.2 Å². The van der Waals surface area contributed by atoms with Crippen molar-refractivity contribution in [1.82, 2.24) is 0 Å². The number of hydrogen-bond donors (Lipinski definition) is 2. The summed E-state index contributed by atoms with van der Waals surface area (Å²) in [7, 11) is 7.22. The normalized spacial score (nSPS) is 15.3. The predicted octanol–water partition coefficient (Wildman–Crippen LogP) is 7.48. The summed E-state index contributed by atoms with van der Waals surface area (Å²) in [6.45, 7) is 5.59. The number of piperidine rings is 2. The van der Waals surface area contributed by atoms with Gasteiger partial charge in [-0.25, -0.2) is 19.2 Å². The van der Waals surface area contributed by atoms with E-state index in [1.807, 2.05) is 60.7 Å². The average molecular weight is 843 g/mol. The largest absolute Gasteiger partial charge is 0.504 e. The number of nitrogens with zero attached hydrogens (tertiary/aromatic N) is 6. The molecule has 2 aliphatic rings. The molecule has 2 aliphatic heterocycles. The Labute approximate surface area is 362 Å². The Balaban J connectivity index is 1.90. The van der Waals surface area contributed by atoms with Crippen LogP contribution in [-0.2, 0) is 19.2 Å². The Bertz CT molecular complexity index is 2230. The molecular formula is C48H54N6O8. The number of carbonyl (C=O) groups excluding carboxylic acids is 4. The van der Waals surface area contributed by atoms with Gasteiger partial charge in [-0.05, 0) is 63.5 Å². The zero-order valence-electron chi connectivity index (χ0n) is 36.2. The average Bonchev–Trinajstić information content (AvgIpc) is 3.27. The first-order valence-electron chi connectivity index (χ1n) is 21.0. The van der Waals surface area contributed by atoms with Gasteiger partial charge in [-0.1, -0.05) is 60.7 Å². The lowest BCUT2D eigenvalue weighted by Gasteiger charge is -2.37. The van der Waals surface area contributed by atoms with E-state index in [4.69, 9.17) is 9.47 Å². The number of aromatic hydroxyl groups is 2. The maximum Gasteiger partial charge on any atom is 0.337 e. The van der Waals surface area contributed by atoms with Gasteiger partial charge in [0.1, 0.15) is 0 Å². The highest BCUT2D eigenvalue weighted by Gasteiger charge is 2.36. The van der Waals surface area contributed by atoms with Crippen LogP contribution in [-0.4, -0.2) is 101 Å². The molecule has 0 amide bonds. The summed E-state index contributed by atoms with van der Waals surface area (Å²) in [4.78, 5) is 64.8. The van der Waals surface area contributed by atoms with Crippen LogP contribution in [0.3, 0.4) is 0 Å². The van der Waals surface area contributed by atoms with Gasteiger partial charge in [0.05, 0.1) is 22.7 Å². The van der Waals surface area contributed by atoms with Crippen LogP contribution in [0.15, 0.2) is 82.8 Å². The van der Waals surface area contributed by atoms with Gasteiger partial charge in [0.15, 0.2) is 35.1 Å². The molecule has 324 valence electrons. The van der Waals surface area contributed by atoms with Crippen LogP contribution in [0.25, 0.3) is 11.1 Å². The number of ether oxygens (including phenoxy) is 2. The standard InChI is InChI=1S/C48H54N6O8/c1-31(49-29-55)47(59)61-45-37(57)27-35(53-23-15-9-16-24-53)41(43(45)51(3)4)39(33-19-11-7-12-20-33)40(34-21-13-8-14-22-34)42-36(54-25-17-10-18-26-54)28-38(58)46(44(42)52(5)6)62-48(60)32(2)50-30-56/h7-8,11-14,19-22,27-28,31-32,57-58H,9-10,15-18,23-26H2,1-6H3/t31-,32-/m0/s1. The summed E-state index contributed by atoms with van der Waals surface area (Å²) in [6, 6.07) is 20.4. The van der Waals surface area contributed by atoms with Crippen molar-refractivity contribution in [2.45, 2.75) is 64.5 Å². The summed E-state index contributed by atoms with van der Waals surface area (Å²) in [5, 5.41) is 23.9. The van der Waals surface area contributed by atoms with Crippen molar-refractivity contribution in [1.29, 1.82) is 0 Å². The van der Waals surface area contributed by atoms with Crippen molar-refractivity contribution in [3.63, 3.8) is 0 Å². The highest BCUT2D eigenvalue weighted by molar-refractivity contribution is 6.14. The van der Waals surface area contributed by atoms with Gasteiger partial charge in [-0.15, -0.1) is 0 Å². The van der Waals surface area contributed by atoms with Crippen molar-refractivity contribution in [3.05, 3.63) is 95.1 Å². The molecule has 6 rings (SSSR count). The fourth-order valence-corrected chi connectivity index (χ4v) is 8.23. The first kappa shape index (κ1) is 44.7. The van der Waals surface area contributed by atoms with Gasteiger partial charge in [-0.3, -0.25) is 0 Å². The van der Waals surface area contributed by atoms with E-state index in [2.05, 4.69) is 19.8 Å².